The second kappa shape index (κ2) is 4.52. The molecule has 0 aliphatic carbocycles. The van der Waals surface area contributed by atoms with Gasteiger partial charge < -0.3 is 0 Å². The zero-order valence-corrected chi connectivity index (χ0v) is 12.9. The normalized spacial score (nSPS) is 13.2. The lowest BCUT2D eigenvalue weighted by atomic mass is 9.64. The van der Waals surface area contributed by atoms with E-state index in [2.05, 4.69) is 81.7 Å². The van der Waals surface area contributed by atoms with E-state index in [1.165, 1.54) is 5.56 Å². The van der Waals surface area contributed by atoms with Crippen molar-refractivity contribution < 1.29 is 0 Å². The van der Waals surface area contributed by atoms with Crippen molar-refractivity contribution in [2.75, 3.05) is 0 Å². The summed E-state index contributed by atoms with van der Waals surface area (Å²) in [5.74, 6) is 0.563. The first-order valence-electron chi connectivity index (χ1n) is 5.88. The molecule has 0 nitrogen and oxygen atoms in total. The van der Waals surface area contributed by atoms with E-state index in [4.69, 9.17) is 0 Å². The van der Waals surface area contributed by atoms with E-state index < -0.39 is 0 Å². The predicted molar refractivity (Wildman–Crippen MR) is 75.8 cm³/mol. The number of halogens is 1. The molecule has 90 valence electrons. The highest BCUT2D eigenvalue weighted by Crippen LogP contribution is 2.47. The van der Waals surface area contributed by atoms with Crippen LogP contribution in [0, 0.1) is 10.8 Å². The summed E-state index contributed by atoms with van der Waals surface area (Å²) in [7, 11) is 0. The van der Waals surface area contributed by atoms with Gasteiger partial charge in [-0.1, -0.05) is 69.6 Å². The summed E-state index contributed by atoms with van der Waals surface area (Å²) in [5.41, 5.74) is 2.00. The monoisotopic (exact) mass is 282 g/mol. The van der Waals surface area contributed by atoms with Crippen LogP contribution < -0.4 is 0 Å². The molecule has 0 bridgehead atoms. The Balaban J connectivity index is 3.18. The summed E-state index contributed by atoms with van der Waals surface area (Å²) in [5, 5.41) is 0. The van der Waals surface area contributed by atoms with Crippen LogP contribution in [-0.4, -0.2) is 0 Å². The zero-order chi connectivity index (χ0) is 12.6. The van der Waals surface area contributed by atoms with Crippen LogP contribution >= 0.6 is 15.9 Å². The summed E-state index contributed by atoms with van der Waals surface area (Å²) in [6.07, 6.45) is 0. The maximum absolute atomic E-state index is 3.50. The van der Waals surface area contributed by atoms with Crippen LogP contribution in [0.4, 0.5) is 0 Å². The van der Waals surface area contributed by atoms with Crippen molar-refractivity contribution in [2.45, 2.75) is 47.5 Å². The lowest BCUT2D eigenvalue weighted by Gasteiger charge is -2.41. The maximum atomic E-state index is 3.50. The molecule has 0 heterocycles. The van der Waals surface area contributed by atoms with Crippen LogP contribution in [0.5, 0.6) is 0 Å². The molecular formula is C15H23Br. The first kappa shape index (κ1) is 13.8. The van der Waals surface area contributed by atoms with Crippen molar-refractivity contribution in [1.29, 1.82) is 0 Å². The topological polar surface area (TPSA) is 0 Å². The molecule has 0 atom stereocenters. The van der Waals surface area contributed by atoms with Crippen molar-refractivity contribution in [2.24, 2.45) is 10.8 Å². The van der Waals surface area contributed by atoms with Crippen molar-refractivity contribution in [3.63, 3.8) is 0 Å². The van der Waals surface area contributed by atoms with Gasteiger partial charge in [0.25, 0.3) is 0 Å². The lowest BCUT2D eigenvalue weighted by molar-refractivity contribution is 0.176. The van der Waals surface area contributed by atoms with Gasteiger partial charge in [0.15, 0.2) is 0 Å². The van der Waals surface area contributed by atoms with E-state index in [1.54, 1.807) is 0 Å². The number of rotatable bonds is 1. The highest BCUT2D eigenvalue weighted by molar-refractivity contribution is 9.10. The van der Waals surface area contributed by atoms with Gasteiger partial charge in [-0.05, 0) is 34.4 Å². The lowest BCUT2D eigenvalue weighted by Crippen LogP contribution is -2.30. The highest BCUT2D eigenvalue weighted by Gasteiger charge is 2.35. The van der Waals surface area contributed by atoms with Crippen LogP contribution in [-0.2, 0) is 0 Å². The van der Waals surface area contributed by atoms with Crippen LogP contribution in [0.15, 0.2) is 28.7 Å². The van der Waals surface area contributed by atoms with Gasteiger partial charge in [-0.15, -0.1) is 0 Å². The third kappa shape index (κ3) is 3.35. The van der Waals surface area contributed by atoms with Crippen molar-refractivity contribution in [3.05, 3.63) is 34.3 Å². The quantitative estimate of drug-likeness (QED) is 0.627. The first-order valence-corrected chi connectivity index (χ1v) is 6.67. The third-order valence-corrected chi connectivity index (χ3v) is 3.46. The standard InChI is InChI=1S/C15H23Br/c1-14(2,3)13(15(4,5)6)11-7-9-12(16)10-8-11/h7-10,13H,1-6H3. The fourth-order valence-electron chi connectivity index (χ4n) is 2.95. The summed E-state index contributed by atoms with van der Waals surface area (Å²) in [6, 6.07) is 8.76. The molecule has 0 aliphatic rings. The zero-order valence-electron chi connectivity index (χ0n) is 11.3. The van der Waals surface area contributed by atoms with E-state index in [0.29, 0.717) is 5.92 Å². The Hall–Kier alpha value is -0.300. The van der Waals surface area contributed by atoms with Crippen molar-refractivity contribution in [1.82, 2.24) is 0 Å². The van der Waals surface area contributed by atoms with Crippen LogP contribution in [0.1, 0.15) is 53.0 Å². The van der Waals surface area contributed by atoms with Gasteiger partial charge in [-0.2, -0.15) is 0 Å². The summed E-state index contributed by atoms with van der Waals surface area (Å²) in [4.78, 5) is 0. The van der Waals surface area contributed by atoms with Gasteiger partial charge in [0, 0.05) is 4.47 Å². The fraction of sp³-hybridized carbons (Fsp3) is 0.600. The smallest absolute Gasteiger partial charge is 0.0175 e. The van der Waals surface area contributed by atoms with Gasteiger partial charge in [0.05, 0.1) is 0 Å². The minimum atomic E-state index is 0.284. The summed E-state index contributed by atoms with van der Waals surface area (Å²) < 4.78 is 1.15. The Kier molecular flexibility index (Phi) is 3.89. The van der Waals surface area contributed by atoms with Crippen LogP contribution in [0.2, 0.25) is 0 Å². The van der Waals surface area contributed by atoms with Crippen LogP contribution in [0.3, 0.4) is 0 Å². The SMILES string of the molecule is CC(C)(C)C(c1ccc(Br)cc1)C(C)(C)C. The molecule has 0 fully saturated rings. The Labute approximate surface area is 109 Å². The number of benzene rings is 1. The molecule has 1 aromatic carbocycles. The Morgan fingerprint density at radius 3 is 1.50 bits per heavy atom. The molecule has 0 radical (unpaired) electrons. The molecule has 0 unspecified atom stereocenters. The summed E-state index contributed by atoms with van der Waals surface area (Å²) >= 11 is 3.50. The van der Waals surface area contributed by atoms with Gasteiger partial charge in [-0.3, -0.25) is 0 Å². The molecule has 0 N–H and O–H groups in total. The molecule has 1 heteroatoms. The predicted octanol–water partition coefficient (Wildman–Crippen LogP) is 5.62. The van der Waals surface area contributed by atoms with Crippen molar-refractivity contribution in [3.8, 4) is 0 Å². The molecule has 0 amide bonds. The Bertz CT molecular complexity index is 321. The van der Waals surface area contributed by atoms with E-state index >= 15 is 0 Å². The molecule has 1 rings (SSSR count). The fourth-order valence-corrected chi connectivity index (χ4v) is 3.22. The van der Waals surface area contributed by atoms with Gasteiger partial charge in [0.1, 0.15) is 0 Å². The second-order valence-electron chi connectivity index (χ2n) is 6.72. The number of hydrogen-bond donors (Lipinski definition) is 0. The van der Waals surface area contributed by atoms with Gasteiger partial charge >= 0.3 is 0 Å². The molecule has 1 aromatic rings. The highest BCUT2D eigenvalue weighted by atomic mass is 79.9. The first-order chi connectivity index (χ1) is 7.12. The number of hydrogen-bond acceptors (Lipinski definition) is 0. The average Bonchev–Trinajstić information content (AvgIpc) is 2.03. The van der Waals surface area contributed by atoms with Crippen LogP contribution in [0.25, 0.3) is 0 Å². The van der Waals surface area contributed by atoms with E-state index in [1.807, 2.05) is 0 Å². The molecule has 16 heavy (non-hydrogen) atoms. The largest absolute Gasteiger partial charge is 0.0596 e. The van der Waals surface area contributed by atoms with E-state index in [0.717, 1.165) is 4.47 Å². The van der Waals surface area contributed by atoms with Gasteiger partial charge in [0.2, 0.25) is 0 Å². The molecule has 0 aliphatic heterocycles. The minimum absolute atomic E-state index is 0.284. The van der Waals surface area contributed by atoms with E-state index in [-0.39, 0.29) is 10.8 Å². The molecule has 0 spiro atoms. The van der Waals surface area contributed by atoms with Gasteiger partial charge in [-0.25, -0.2) is 0 Å². The Morgan fingerprint density at radius 2 is 1.19 bits per heavy atom. The molecule has 0 saturated carbocycles. The Morgan fingerprint density at radius 1 is 0.812 bits per heavy atom. The average molecular weight is 283 g/mol. The van der Waals surface area contributed by atoms with E-state index in [9.17, 15) is 0 Å². The summed E-state index contributed by atoms with van der Waals surface area (Å²) in [6.45, 7) is 13.9. The maximum Gasteiger partial charge on any atom is 0.0175 e. The third-order valence-electron chi connectivity index (χ3n) is 2.94. The second-order valence-corrected chi connectivity index (χ2v) is 7.63. The minimum Gasteiger partial charge on any atom is -0.0596 e. The van der Waals surface area contributed by atoms with Crippen molar-refractivity contribution >= 4 is 15.9 Å². The molecule has 0 saturated heterocycles. The molecule has 0 aromatic heterocycles. The molecular weight excluding hydrogens is 260 g/mol.